The maximum atomic E-state index is 6.09. The molecule has 0 spiro atoms. The molecule has 7 nitrogen and oxygen atoms in total. The minimum Gasteiger partial charge on any atom is -0.488 e. The van der Waals surface area contributed by atoms with Crippen LogP contribution >= 0.6 is 0 Å². The normalized spacial score (nSPS) is 11.9. The summed E-state index contributed by atoms with van der Waals surface area (Å²) < 4.78 is 6.09. The summed E-state index contributed by atoms with van der Waals surface area (Å²) in [5, 5.41) is 13.5. The highest BCUT2D eigenvalue weighted by molar-refractivity contribution is 5.79. The number of para-hydroxylation sites is 1. The molecule has 0 bridgehead atoms. The van der Waals surface area contributed by atoms with E-state index in [1.165, 1.54) is 6.33 Å². The Labute approximate surface area is 178 Å². The van der Waals surface area contributed by atoms with Crippen LogP contribution in [-0.4, -0.2) is 33.3 Å². The molecule has 0 radical (unpaired) electrons. The topological polar surface area (TPSA) is 87.2 Å². The molecule has 0 fully saturated rings. The number of aliphatic imine (C=N–C) groups is 1. The van der Waals surface area contributed by atoms with Crippen LogP contribution in [0.25, 0.3) is 11.4 Å². The van der Waals surface area contributed by atoms with Gasteiger partial charge in [0.05, 0.1) is 6.54 Å². The van der Waals surface area contributed by atoms with Gasteiger partial charge in [0, 0.05) is 24.2 Å². The average Bonchev–Trinajstić information content (AvgIpc) is 3.25. The van der Waals surface area contributed by atoms with E-state index >= 15 is 0 Å². The number of hydrogen-bond acceptors (Lipinski definition) is 4. The molecule has 3 rings (SSSR count). The van der Waals surface area contributed by atoms with E-state index in [1.54, 1.807) is 0 Å². The van der Waals surface area contributed by atoms with Crippen LogP contribution < -0.4 is 15.4 Å². The fraction of sp³-hybridized carbons (Fsp3) is 0.348. The van der Waals surface area contributed by atoms with Crippen molar-refractivity contribution in [3.63, 3.8) is 0 Å². The molecule has 0 saturated heterocycles. The van der Waals surface area contributed by atoms with Crippen LogP contribution in [-0.2, 0) is 13.1 Å². The van der Waals surface area contributed by atoms with E-state index in [0.717, 1.165) is 40.8 Å². The minimum atomic E-state index is -0.247. The molecule has 0 atom stereocenters. The summed E-state index contributed by atoms with van der Waals surface area (Å²) >= 11 is 0. The van der Waals surface area contributed by atoms with Crippen molar-refractivity contribution in [3.8, 4) is 17.1 Å². The largest absolute Gasteiger partial charge is 0.488 e. The summed E-state index contributed by atoms with van der Waals surface area (Å²) in [6.07, 6.45) is 1.51. The molecular weight excluding hydrogens is 376 g/mol. The summed E-state index contributed by atoms with van der Waals surface area (Å²) in [6.45, 7) is 10.2. The lowest BCUT2D eigenvalue weighted by Gasteiger charge is -2.23. The van der Waals surface area contributed by atoms with Gasteiger partial charge in [-0.1, -0.05) is 36.4 Å². The number of H-pyrrole nitrogens is 1. The van der Waals surface area contributed by atoms with Crippen LogP contribution in [0.2, 0.25) is 0 Å². The zero-order valence-electron chi connectivity index (χ0n) is 18.1. The van der Waals surface area contributed by atoms with Gasteiger partial charge in [0.2, 0.25) is 0 Å². The van der Waals surface area contributed by atoms with Crippen LogP contribution in [0.5, 0.6) is 5.75 Å². The van der Waals surface area contributed by atoms with Gasteiger partial charge < -0.3 is 15.4 Å². The highest BCUT2D eigenvalue weighted by Gasteiger charge is 2.14. The number of aromatic nitrogens is 3. The Morgan fingerprint density at radius 2 is 1.93 bits per heavy atom. The molecule has 1 heterocycles. The Morgan fingerprint density at radius 1 is 1.10 bits per heavy atom. The van der Waals surface area contributed by atoms with E-state index in [1.807, 2.05) is 30.3 Å². The quantitative estimate of drug-likeness (QED) is 0.409. The van der Waals surface area contributed by atoms with E-state index in [4.69, 9.17) is 9.73 Å². The summed E-state index contributed by atoms with van der Waals surface area (Å²) in [4.78, 5) is 8.94. The van der Waals surface area contributed by atoms with E-state index in [2.05, 4.69) is 71.7 Å². The molecule has 1 aromatic heterocycles. The number of benzene rings is 2. The summed E-state index contributed by atoms with van der Waals surface area (Å²) in [5.41, 5.74) is 2.93. The van der Waals surface area contributed by atoms with Gasteiger partial charge in [0.25, 0.3) is 0 Å². The van der Waals surface area contributed by atoms with E-state index < -0.39 is 0 Å². The van der Waals surface area contributed by atoms with Crippen LogP contribution in [0.1, 0.15) is 38.8 Å². The average molecular weight is 407 g/mol. The third-order valence-electron chi connectivity index (χ3n) is 4.21. The summed E-state index contributed by atoms with van der Waals surface area (Å²) in [7, 11) is 0. The Hall–Kier alpha value is -3.35. The van der Waals surface area contributed by atoms with Gasteiger partial charge in [-0.3, -0.25) is 5.10 Å². The number of guanidine groups is 1. The molecule has 0 aliphatic heterocycles. The molecular formula is C23H30N6O. The Balaban J connectivity index is 1.68. The summed E-state index contributed by atoms with van der Waals surface area (Å²) in [5.74, 6) is 2.39. The molecule has 0 unspecified atom stereocenters. The summed E-state index contributed by atoms with van der Waals surface area (Å²) in [6, 6.07) is 16.2. The number of ether oxygens (including phenoxy) is 1. The molecule has 0 amide bonds. The molecule has 3 N–H and O–H groups in total. The maximum Gasteiger partial charge on any atom is 0.191 e. The van der Waals surface area contributed by atoms with Crippen molar-refractivity contribution in [2.24, 2.45) is 4.99 Å². The van der Waals surface area contributed by atoms with E-state index in [0.29, 0.717) is 13.1 Å². The first-order valence-electron chi connectivity index (χ1n) is 10.2. The van der Waals surface area contributed by atoms with Crippen molar-refractivity contribution >= 4 is 5.96 Å². The predicted molar refractivity (Wildman–Crippen MR) is 120 cm³/mol. The van der Waals surface area contributed by atoms with Gasteiger partial charge >= 0.3 is 0 Å². The second-order valence-electron chi connectivity index (χ2n) is 7.91. The van der Waals surface area contributed by atoms with Crippen LogP contribution in [0, 0.1) is 0 Å². The van der Waals surface area contributed by atoms with Crippen molar-refractivity contribution in [2.75, 3.05) is 6.54 Å². The lowest BCUT2D eigenvalue weighted by Crippen LogP contribution is -2.37. The second-order valence-corrected chi connectivity index (χ2v) is 7.91. The van der Waals surface area contributed by atoms with Crippen molar-refractivity contribution in [1.29, 1.82) is 0 Å². The molecule has 3 aromatic rings. The fourth-order valence-electron chi connectivity index (χ4n) is 2.93. The lowest BCUT2D eigenvalue weighted by molar-refractivity contribution is 0.129. The first-order chi connectivity index (χ1) is 14.4. The Kier molecular flexibility index (Phi) is 7.06. The standard InChI is InChI=1S/C23H30N6O/c1-5-24-22(26-15-19-10-6-7-12-20(19)30-23(2,3)4)25-14-17-9-8-11-18(13-17)21-27-16-28-29-21/h6-13,16H,5,14-15H2,1-4H3,(H2,24,25,26)(H,27,28,29). The first-order valence-corrected chi connectivity index (χ1v) is 10.2. The van der Waals surface area contributed by atoms with Crippen LogP contribution in [0.3, 0.4) is 0 Å². The van der Waals surface area contributed by atoms with Crippen molar-refractivity contribution in [2.45, 2.75) is 46.4 Å². The maximum absolute atomic E-state index is 6.09. The number of hydrogen-bond donors (Lipinski definition) is 3. The van der Waals surface area contributed by atoms with Gasteiger partial charge in [-0.15, -0.1) is 0 Å². The zero-order valence-corrected chi connectivity index (χ0v) is 18.1. The number of nitrogens with one attached hydrogen (secondary N) is 3. The molecule has 0 aliphatic carbocycles. The van der Waals surface area contributed by atoms with Gasteiger partial charge in [0.1, 0.15) is 17.7 Å². The highest BCUT2D eigenvalue weighted by Crippen LogP contribution is 2.23. The molecule has 30 heavy (non-hydrogen) atoms. The van der Waals surface area contributed by atoms with E-state index in [-0.39, 0.29) is 5.60 Å². The monoisotopic (exact) mass is 406 g/mol. The molecule has 2 aromatic carbocycles. The van der Waals surface area contributed by atoms with Crippen molar-refractivity contribution in [3.05, 3.63) is 66.0 Å². The van der Waals surface area contributed by atoms with Gasteiger partial charge in [-0.25, -0.2) is 9.98 Å². The molecule has 0 aliphatic rings. The highest BCUT2D eigenvalue weighted by atomic mass is 16.5. The van der Waals surface area contributed by atoms with Crippen LogP contribution in [0.15, 0.2) is 59.9 Å². The van der Waals surface area contributed by atoms with Crippen molar-refractivity contribution in [1.82, 2.24) is 25.8 Å². The van der Waals surface area contributed by atoms with Gasteiger partial charge in [-0.05, 0) is 45.4 Å². The number of rotatable bonds is 7. The van der Waals surface area contributed by atoms with E-state index in [9.17, 15) is 0 Å². The fourth-order valence-corrected chi connectivity index (χ4v) is 2.93. The predicted octanol–water partition coefficient (Wildman–Crippen LogP) is 3.90. The zero-order chi connectivity index (χ0) is 21.4. The third-order valence-corrected chi connectivity index (χ3v) is 4.21. The SMILES string of the molecule is CCNC(=NCc1cccc(-c2ncn[nH]2)c1)NCc1ccccc1OC(C)(C)C. The number of nitrogens with zero attached hydrogens (tertiary/aromatic N) is 3. The first kappa shape index (κ1) is 21.4. The number of aromatic amines is 1. The third kappa shape index (κ3) is 6.34. The smallest absolute Gasteiger partial charge is 0.191 e. The van der Waals surface area contributed by atoms with Crippen LogP contribution in [0.4, 0.5) is 0 Å². The molecule has 0 saturated carbocycles. The Bertz CT molecular complexity index is 960. The minimum absolute atomic E-state index is 0.247. The second kappa shape index (κ2) is 9.91. The van der Waals surface area contributed by atoms with Crippen molar-refractivity contribution < 1.29 is 4.74 Å². The van der Waals surface area contributed by atoms with Gasteiger partial charge in [-0.2, -0.15) is 5.10 Å². The van der Waals surface area contributed by atoms with Gasteiger partial charge in [0.15, 0.2) is 11.8 Å². The molecule has 158 valence electrons. The lowest BCUT2D eigenvalue weighted by atomic mass is 10.1. The molecule has 7 heteroatoms. The Morgan fingerprint density at radius 3 is 2.67 bits per heavy atom.